The van der Waals surface area contributed by atoms with E-state index in [4.69, 9.17) is 4.74 Å². The van der Waals surface area contributed by atoms with Crippen molar-refractivity contribution in [1.82, 2.24) is 8.87 Å². The number of hydrogen-bond acceptors (Lipinski definition) is 4. The number of rotatable bonds is 6. The second kappa shape index (κ2) is 9.57. The van der Waals surface area contributed by atoms with Gasteiger partial charge in [-0.05, 0) is 71.0 Å². The van der Waals surface area contributed by atoms with Gasteiger partial charge in [0.1, 0.15) is 0 Å². The molecule has 0 N–H and O–H groups in total. The zero-order valence-electron chi connectivity index (χ0n) is 23.3. The van der Waals surface area contributed by atoms with Crippen molar-refractivity contribution in [3.05, 3.63) is 118 Å². The second-order valence-corrected chi connectivity index (χ2v) is 13.1. The quantitative estimate of drug-likeness (QED) is 0.265. The van der Waals surface area contributed by atoms with Gasteiger partial charge in [-0.2, -0.15) is 0 Å². The third kappa shape index (κ3) is 3.86. The highest BCUT2D eigenvalue weighted by Gasteiger charge is 2.55. The Morgan fingerprint density at radius 1 is 0.976 bits per heavy atom. The molecular formula is C34H32N2O4S. The average molecular weight is 565 g/mol. The number of hydrogen-bond donors (Lipinski definition) is 0. The molecule has 3 atom stereocenters. The fraction of sp³-hybridized carbons (Fsp3) is 0.265. The van der Waals surface area contributed by atoms with E-state index in [0.29, 0.717) is 29.1 Å². The molecule has 3 aliphatic rings. The molecule has 6 nitrogen and oxygen atoms in total. The number of aromatic nitrogens is 1. The molecule has 1 saturated heterocycles. The zero-order chi connectivity index (χ0) is 28.5. The van der Waals surface area contributed by atoms with Gasteiger partial charge < -0.3 is 4.74 Å². The van der Waals surface area contributed by atoms with Gasteiger partial charge in [0.25, 0.3) is 15.9 Å². The Morgan fingerprint density at radius 3 is 2.49 bits per heavy atom. The van der Waals surface area contributed by atoms with Crippen LogP contribution in [0.15, 0.2) is 101 Å². The molecular weight excluding hydrogens is 532 g/mol. The number of fused-ring (bicyclic) bond motifs is 6. The predicted molar refractivity (Wildman–Crippen MR) is 160 cm³/mol. The topological polar surface area (TPSA) is 68.6 Å². The van der Waals surface area contributed by atoms with Crippen molar-refractivity contribution in [1.29, 1.82) is 0 Å². The van der Waals surface area contributed by atoms with E-state index in [-0.39, 0.29) is 22.9 Å². The molecule has 1 amide bonds. The SMILES string of the molecule is CCC1=C(/C=C/c2cc3ccccc3n2S(=O)(=O)c2ccccc2)C(=O)N2C1O[C@@H]1Cc3cccc(C(C)C)c3[C@@H]12. The van der Waals surface area contributed by atoms with E-state index in [2.05, 4.69) is 32.0 Å². The summed E-state index contributed by atoms with van der Waals surface area (Å²) in [4.78, 5) is 16.2. The first-order chi connectivity index (χ1) is 19.8. The molecule has 3 aromatic carbocycles. The van der Waals surface area contributed by atoms with Gasteiger partial charge in [0.2, 0.25) is 0 Å². The fourth-order valence-electron chi connectivity index (χ4n) is 6.84. The highest BCUT2D eigenvalue weighted by molar-refractivity contribution is 7.90. The van der Waals surface area contributed by atoms with Gasteiger partial charge in [-0.15, -0.1) is 0 Å². The standard InChI is InChI=1S/C34H32N2O4S/c1-4-26-28(33(37)35-32-30(40-34(26)35)20-23-12-10-15-27(21(2)3)31(23)32)18-17-24-19-22-11-8-9-16-29(22)36(24)41(38,39)25-13-6-5-7-14-25/h5-19,21,30,32,34H,4,20H2,1-3H3/b18-17+/t30-,32-,34?/m1/s1. The van der Waals surface area contributed by atoms with E-state index in [1.165, 1.54) is 20.7 Å². The van der Waals surface area contributed by atoms with E-state index in [9.17, 15) is 13.2 Å². The van der Waals surface area contributed by atoms with E-state index < -0.39 is 16.3 Å². The minimum Gasteiger partial charge on any atom is -0.348 e. The van der Waals surface area contributed by atoms with Crippen LogP contribution in [0.2, 0.25) is 0 Å². The highest BCUT2D eigenvalue weighted by Crippen LogP contribution is 2.52. The van der Waals surface area contributed by atoms with Crippen LogP contribution < -0.4 is 0 Å². The summed E-state index contributed by atoms with van der Waals surface area (Å²) in [5.41, 5.74) is 6.37. The third-order valence-corrected chi connectivity index (χ3v) is 10.4. The van der Waals surface area contributed by atoms with Crippen LogP contribution >= 0.6 is 0 Å². The number of carbonyl (C=O) groups is 1. The molecule has 3 heterocycles. The summed E-state index contributed by atoms with van der Waals surface area (Å²) in [7, 11) is -3.88. The molecule has 0 bridgehead atoms. The average Bonchev–Trinajstić information content (AvgIpc) is 3.69. The molecule has 1 fully saturated rings. The van der Waals surface area contributed by atoms with Gasteiger partial charge in [-0.1, -0.05) is 75.4 Å². The molecule has 4 aromatic rings. The molecule has 7 rings (SSSR count). The number of nitrogens with zero attached hydrogens (tertiary/aromatic N) is 2. The van der Waals surface area contributed by atoms with Crippen molar-refractivity contribution in [2.24, 2.45) is 0 Å². The predicted octanol–water partition coefficient (Wildman–Crippen LogP) is 6.59. The normalized spacial score (nSPS) is 21.9. The first-order valence-corrected chi connectivity index (χ1v) is 15.7. The van der Waals surface area contributed by atoms with Crippen molar-refractivity contribution >= 4 is 32.9 Å². The van der Waals surface area contributed by atoms with Crippen molar-refractivity contribution in [2.75, 3.05) is 0 Å². The van der Waals surface area contributed by atoms with Gasteiger partial charge in [0, 0.05) is 17.4 Å². The first kappa shape index (κ1) is 26.0. The van der Waals surface area contributed by atoms with Crippen molar-refractivity contribution in [3.8, 4) is 0 Å². The van der Waals surface area contributed by atoms with Crippen LogP contribution in [-0.4, -0.2) is 35.5 Å². The molecule has 0 radical (unpaired) electrons. The third-order valence-electron chi connectivity index (χ3n) is 8.66. The summed E-state index contributed by atoms with van der Waals surface area (Å²) in [6.45, 7) is 6.42. The number of carbonyl (C=O) groups excluding carboxylic acids is 1. The Balaban J connectivity index is 1.30. The van der Waals surface area contributed by atoms with Crippen LogP contribution in [0.5, 0.6) is 0 Å². The Hall–Kier alpha value is -3.94. The number of benzene rings is 3. The number of amides is 1. The lowest BCUT2D eigenvalue weighted by Crippen LogP contribution is -2.33. The summed E-state index contributed by atoms with van der Waals surface area (Å²) in [5.74, 6) is 0.280. The van der Waals surface area contributed by atoms with Crippen molar-refractivity contribution in [2.45, 2.75) is 62.8 Å². The Labute approximate surface area is 240 Å². The smallest absolute Gasteiger partial charge is 0.268 e. The van der Waals surface area contributed by atoms with Crippen molar-refractivity contribution < 1.29 is 17.9 Å². The summed E-state index contributed by atoms with van der Waals surface area (Å²) >= 11 is 0. The molecule has 41 heavy (non-hydrogen) atoms. The Bertz CT molecular complexity index is 1870. The van der Waals surface area contributed by atoms with Crippen LogP contribution in [0.1, 0.15) is 61.5 Å². The molecule has 2 aliphatic heterocycles. The number of para-hydroxylation sites is 1. The molecule has 7 heteroatoms. The summed E-state index contributed by atoms with van der Waals surface area (Å²) in [6, 6.07) is 24.0. The summed E-state index contributed by atoms with van der Waals surface area (Å²) in [6.07, 6.45) is 4.56. The number of ether oxygens (including phenoxy) is 1. The van der Waals surface area contributed by atoms with Crippen LogP contribution in [0.3, 0.4) is 0 Å². The van der Waals surface area contributed by atoms with Gasteiger partial charge in [-0.25, -0.2) is 12.4 Å². The van der Waals surface area contributed by atoms with E-state index >= 15 is 0 Å². The van der Waals surface area contributed by atoms with E-state index in [0.717, 1.165) is 17.4 Å². The maximum absolute atomic E-state index is 14.1. The van der Waals surface area contributed by atoms with Crippen LogP contribution in [0, 0.1) is 0 Å². The molecule has 208 valence electrons. The Kier molecular flexibility index (Phi) is 6.07. The lowest BCUT2D eigenvalue weighted by atomic mass is 9.92. The van der Waals surface area contributed by atoms with Crippen molar-refractivity contribution in [3.63, 3.8) is 0 Å². The van der Waals surface area contributed by atoms with Crippen LogP contribution in [0.4, 0.5) is 0 Å². The summed E-state index contributed by atoms with van der Waals surface area (Å²) < 4.78 is 35.6. The molecule has 1 aromatic heterocycles. The molecule has 0 saturated carbocycles. The van der Waals surface area contributed by atoms with Crippen LogP contribution in [-0.2, 0) is 26.0 Å². The van der Waals surface area contributed by atoms with Gasteiger partial charge in [-0.3, -0.25) is 9.69 Å². The lowest BCUT2D eigenvalue weighted by molar-refractivity contribution is -0.129. The monoisotopic (exact) mass is 564 g/mol. The maximum Gasteiger partial charge on any atom is 0.268 e. The largest absolute Gasteiger partial charge is 0.348 e. The highest BCUT2D eigenvalue weighted by atomic mass is 32.2. The summed E-state index contributed by atoms with van der Waals surface area (Å²) in [5, 5.41) is 0.810. The zero-order valence-corrected chi connectivity index (χ0v) is 24.1. The van der Waals surface area contributed by atoms with E-state index in [1.807, 2.05) is 36.1 Å². The first-order valence-electron chi connectivity index (χ1n) is 14.2. The lowest BCUT2D eigenvalue weighted by Gasteiger charge is -2.26. The molecule has 1 unspecified atom stereocenters. The maximum atomic E-state index is 14.1. The minimum atomic E-state index is -3.88. The molecule has 1 aliphatic carbocycles. The van der Waals surface area contributed by atoms with Gasteiger partial charge in [0.05, 0.1) is 28.3 Å². The van der Waals surface area contributed by atoms with E-state index in [1.54, 1.807) is 48.6 Å². The minimum absolute atomic E-state index is 0.0514. The second-order valence-electron chi connectivity index (χ2n) is 11.3. The van der Waals surface area contributed by atoms with Gasteiger partial charge >= 0.3 is 0 Å². The van der Waals surface area contributed by atoms with Gasteiger partial charge in [0.15, 0.2) is 6.23 Å². The molecule has 0 spiro atoms. The fourth-order valence-corrected chi connectivity index (χ4v) is 8.37. The Morgan fingerprint density at radius 2 is 1.73 bits per heavy atom. The van der Waals surface area contributed by atoms with Crippen LogP contribution in [0.25, 0.3) is 17.0 Å².